The third-order valence-corrected chi connectivity index (χ3v) is 4.11. The molecule has 1 fully saturated rings. The van der Waals surface area contributed by atoms with Gasteiger partial charge in [0.2, 0.25) is 0 Å². The van der Waals surface area contributed by atoms with E-state index in [1.165, 1.54) is 12.7 Å². The molecule has 1 aliphatic carbocycles. The minimum Gasteiger partial charge on any atom is -0.325 e. The van der Waals surface area contributed by atoms with Crippen molar-refractivity contribution in [3.05, 3.63) is 0 Å². The Balaban J connectivity index is 2.31. The van der Waals surface area contributed by atoms with Gasteiger partial charge in [-0.3, -0.25) is 0 Å². The first-order valence-electron chi connectivity index (χ1n) is 5.27. The zero-order chi connectivity index (χ0) is 10.8. The second-order valence-corrected chi connectivity index (χ2v) is 7.20. The van der Waals surface area contributed by atoms with Crippen molar-refractivity contribution in [2.75, 3.05) is 12.0 Å². The summed E-state index contributed by atoms with van der Waals surface area (Å²) in [6.45, 7) is 2.21. The molecule has 1 saturated carbocycles. The van der Waals surface area contributed by atoms with Gasteiger partial charge < -0.3 is 5.73 Å². The fourth-order valence-corrected chi connectivity index (χ4v) is 3.01. The average Bonchev–Trinajstić information content (AvgIpc) is 2.28. The molecule has 3 nitrogen and oxygen atoms in total. The maximum atomic E-state index is 10.9. The molecule has 14 heavy (non-hydrogen) atoms. The lowest BCUT2D eigenvalue weighted by Gasteiger charge is -2.23. The Kier molecular flexibility index (Phi) is 3.58. The quantitative estimate of drug-likeness (QED) is 0.776. The second-order valence-electron chi connectivity index (χ2n) is 4.94. The highest BCUT2D eigenvalue weighted by atomic mass is 32.2. The molecule has 2 unspecified atom stereocenters. The number of hydrogen-bond donors (Lipinski definition) is 1. The van der Waals surface area contributed by atoms with E-state index in [9.17, 15) is 8.42 Å². The van der Waals surface area contributed by atoms with Crippen molar-refractivity contribution in [2.45, 2.75) is 44.6 Å². The zero-order valence-electron chi connectivity index (χ0n) is 9.12. The average molecular weight is 219 g/mol. The third-order valence-electron chi connectivity index (χ3n) is 3.08. The Morgan fingerprint density at radius 1 is 1.50 bits per heavy atom. The van der Waals surface area contributed by atoms with Crippen LogP contribution in [0, 0.1) is 5.92 Å². The summed E-state index contributed by atoms with van der Waals surface area (Å²) < 4.78 is 21.9. The van der Waals surface area contributed by atoms with Crippen LogP contribution in [0.3, 0.4) is 0 Å². The van der Waals surface area contributed by atoms with Crippen LogP contribution in [-0.4, -0.2) is 26.0 Å². The monoisotopic (exact) mass is 219 g/mol. The number of sulfone groups is 1. The van der Waals surface area contributed by atoms with Crippen molar-refractivity contribution in [1.82, 2.24) is 0 Å². The van der Waals surface area contributed by atoms with Gasteiger partial charge >= 0.3 is 0 Å². The lowest BCUT2D eigenvalue weighted by atomic mass is 9.92. The van der Waals surface area contributed by atoms with E-state index in [-0.39, 0.29) is 11.3 Å². The van der Waals surface area contributed by atoms with Crippen molar-refractivity contribution in [3.63, 3.8) is 0 Å². The van der Waals surface area contributed by atoms with Gasteiger partial charge in [0.1, 0.15) is 9.84 Å². The molecule has 0 saturated heterocycles. The SMILES string of the molecule is CC1CCC(N)(CCCS(C)(=O)=O)C1. The van der Waals surface area contributed by atoms with Crippen molar-refractivity contribution in [2.24, 2.45) is 11.7 Å². The minimum atomic E-state index is -2.81. The first kappa shape index (κ1) is 12.0. The lowest BCUT2D eigenvalue weighted by molar-refractivity contribution is 0.387. The predicted octanol–water partition coefficient (Wildman–Crippen LogP) is 1.33. The summed E-state index contributed by atoms with van der Waals surface area (Å²) in [6.07, 6.45) is 6.14. The topological polar surface area (TPSA) is 60.2 Å². The van der Waals surface area contributed by atoms with Crippen LogP contribution in [0.15, 0.2) is 0 Å². The highest BCUT2D eigenvalue weighted by molar-refractivity contribution is 7.90. The molecule has 0 aromatic heterocycles. The van der Waals surface area contributed by atoms with Gasteiger partial charge in [-0.2, -0.15) is 0 Å². The molecule has 2 atom stereocenters. The molecule has 0 aromatic carbocycles. The molecule has 0 amide bonds. The van der Waals surface area contributed by atoms with Crippen LogP contribution in [0.4, 0.5) is 0 Å². The van der Waals surface area contributed by atoms with Crippen molar-refractivity contribution >= 4 is 9.84 Å². The molecule has 0 spiro atoms. The highest BCUT2D eigenvalue weighted by Gasteiger charge is 2.32. The maximum Gasteiger partial charge on any atom is 0.147 e. The van der Waals surface area contributed by atoms with Gasteiger partial charge in [0.05, 0.1) is 0 Å². The van der Waals surface area contributed by atoms with Gasteiger partial charge in [-0.25, -0.2) is 8.42 Å². The molecule has 1 rings (SSSR count). The van der Waals surface area contributed by atoms with E-state index >= 15 is 0 Å². The fraction of sp³-hybridized carbons (Fsp3) is 1.00. The Hall–Kier alpha value is -0.0900. The summed E-state index contributed by atoms with van der Waals surface area (Å²) in [6, 6.07) is 0. The second kappa shape index (κ2) is 4.19. The largest absolute Gasteiger partial charge is 0.325 e. The summed E-state index contributed by atoms with van der Waals surface area (Å²) in [5.74, 6) is 0.985. The molecule has 0 heterocycles. The zero-order valence-corrected chi connectivity index (χ0v) is 9.94. The van der Waals surface area contributed by atoms with E-state index in [0.29, 0.717) is 12.3 Å². The van der Waals surface area contributed by atoms with Crippen molar-refractivity contribution in [1.29, 1.82) is 0 Å². The molecule has 0 bridgehead atoms. The Morgan fingerprint density at radius 2 is 2.14 bits per heavy atom. The van der Waals surface area contributed by atoms with E-state index in [1.54, 1.807) is 0 Å². The standard InChI is InChI=1S/C10H21NO2S/c1-9-4-6-10(11,8-9)5-3-7-14(2,12)13/h9H,3-8,11H2,1-2H3. The Morgan fingerprint density at radius 3 is 2.57 bits per heavy atom. The minimum absolute atomic E-state index is 0.0793. The molecule has 4 heteroatoms. The van der Waals surface area contributed by atoms with Crippen molar-refractivity contribution < 1.29 is 8.42 Å². The van der Waals surface area contributed by atoms with E-state index in [4.69, 9.17) is 5.73 Å². The molecule has 84 valence electrons. The molecular weight excluding hydrogens is 198 g/mol. The smallest absolute Gasteiger partial charge is 0.147 e. The van der Waals surface area contributed by atoms with Crippen LogP contribution >= 0.6 is 0 Å². The van der Waals surface area contributed by atoms with Crippen LogP contribution in [-0.2, 0) is 9.84 Å². The summed E-state index contributed by atoms with van der Waals surface area (Å²) >= 11 is 0. The van der Waals surface area contributed by atoms with E-state index < -0.39 is 9.84 Å². The molecular formula is C10H21NO2S. The van der Waals surface area contributed by atoms with Crippen LogP contribution in [0.2, 0.25) is 0 Å². The Bertz CT molecular complexity index is 286. The first-order chi connectivity index (χ1) is 6.31. The van der Waals surface area contributed by atoms with Gasteiger partial charge in [0.15, 0.2) is 0 Å². The fourth-order valence-electron chi connectivity index (χ4n) is 2.35. The predicted molar refractivity (Wildman–Crippen MR) is 58.9 cm³/mol. The van der Waals surface area contributed by atoms with Crippen LogP contribution in [0.1, 0.15) is 39.0 Å². The maximum absolute atomic E-state index is 10.9. The summed E-state index contributed by atoms with van der Waals surface area (Å²) in [7, 11) is -2.81. The summed E-state index contributed by atoms with van der Waals surface area (Å²) in [5.41, 5.74) is 6.10. The first-order valence-corrected chi connectivity index (χ1v) is 7.33. The normalized spacial score (nSPS) is 33.5. The molecule has 0 radical (unpaired) electrons. The van der Waals surface area contributed by atoms with Gasteiger partial charge in [0.25, 0.3) is 0 Å². The molecule has 2 N–H and O–H groups in total. The molecule has 0 aromatic rings. The number of nitrogens with two attached hydrogens (primary N) is 1. The van der Waals surface area contributed by atoms with E-state index in [1.807, 2.05) is 0 Å². The summed E-state index contributed by atoms with van der Waals surface area (Å²) in [5, 5.41) is 0. The lowest BCUT2D eigenvalue weighted by Crippen LogP contribution is -2.37. The van der Waals surface area contributed by atoms with Gasteiger partial charge in [-0.1, -0.05) is 6.92 Å². The molecule has 0 aliphatic heterocycles. The van der Waals surface area contributed by atoms with Crippen molar-refractivity contribution in [3.8, 4) is 0 Å². The molecule has 1 aliphatic rings. The van der Waals surface area contributed by atoms with Crippen LogP contribution in [0.25, 0.3) is 0 Å². The van der Waals surface area contributed by atoms with Gasteiger partial charge in [-0.05, 0) is 38.0 Å². The van der Waals surface area contributed by atoms with E-state index in [0.717, 1.165) is 19.3 Å². The van der Waals surface area contributed by atoms with Crippen LogP contribution < -0.4 is 5.73 Å². The van der Waals surface area contributed by atoms with Gasteiger partial charge in [0, 0.05) is 17.5 Å². The number of hydrogen-bond acceptors (Lipinski definition) is 3. The van der Waals surface area contributed by atoms with E-state index in [2.05, 4.69) is 6.92 Å². The third kappa shape index (κ3) is 3.96. The van der Waals surface area contributed by atoms with Crippen LogP contribution in [0.5, 0.6) is 0 Å². The summed E-state index contributed by atoms with van der Waals surface area (Å²) in [4.78, 5) is 0. The number of rotatable bonds is 4. The van der Waals surface area contributed by atoms with Gasteiger partial charge in [-0.15, -0.1) is 0 Å². The highest BCUT2D eigenvalue weighted by Crippen LogP contribution is 2.35. The Labute approximate surface area is 87.0 Å².